The Hall–Kier alpha value is -4.34. The lowest BCUT2D eigenvalue weighted by Crippen LogP contribution is -2.19. The third-order valence-electron chi connectivity index (χ3n) is 5.70. The number of hydrogen-bond donors (Lipinski definition) is 2. The number of nitrogens with one attached hydrogen (secondary N) is 1. The Balaban J connectivity index is 1.73. The van der Waals surface area contributed by atoms with Crippen molar-refractivity contribution in [3.8, 4) is 23.1 Å². The first-order valence-electron chi connectivity index (χ1n) is 11.7. The third-order valence-corrected chi connectivity index (χ3v) is 7.13. The maximum Gasteiger partial charge on any atom is 0.417 e. The highest BCUT2D eigenvalue weighted by molar-refractivity contribution is 7.92. The monoisotopic (exact) mass is 552 g/mol. The normalized spacial score (nSPS) is 11.5. The first kappa shape index (κ1) is 27.7. The number of aromatic nitrogens is 4. The van der Waals surface area contributed by atoms with Crippen molar-refractivity contribution in [2.45, 2.75) is 37.9 Å². The minimum atomic E-state index is -4.85. The van der Waals surface area contributed by atoms with Crippen LogP contribution in [0.15, 0.2) is 66.1 Å². The predicted molar refractivity (Wildman–Crippen MR) is 140 cm³/mol. The number of hydrogen-bond acceptors (Lipinski definition) is 7. The van der Waals surface area contributed by atoms with Gasteiger partial charge in [0.2, 0.25) is 0 Å². The van der Waals surface area contributed by atoms with Crippen molar-refractivity contribution in [3.63, 3.8) is 0 Å². The Kier molecular flexibility index (Phi) is 7.94. The van der Waals surface area contributed by atoms with E-state index in [2.05, 4.69) is 36.5 Å². The molecule has 3 heterocycles. The van der Waals surface area contributed by atoms with Gasteiger partial charge in [-0.15, -0.1) is 0 Å². The molecule has 4 rings (SSSR count). The van der Waals surface area contributed by atoms with Crippen LogP contribution >= 0.6 is 0 Å². The van der Waals surface area contributed by atoms with Crippen molar-refractivity contribution in [1.82, 2.24) is 19.9 Å². The minimum absolute atomic E-state index is 0.000694. The zero-order chi connectivity index (χ0) is 28.2. The highest BCUT2D eigenvalue weighted by atomic mass is 32.2. The van der Waals surface area contributed by atoms with Crippen LogP contribution in [0.25, 0.3) is 11.3 Å². The molecule has 0 fully saturated rings. The van der Waals surface area contributed by atoms with Crippen LogP contribution in [0, 0.1) is 18.8 Å². The molecule has 8 nitrogen and oxygen atoms in total. The van der Waals surface area contributed by atoms with Crippen LogP contribution in [-0.2, 0) is 29.2 Å². The lowest BCUT2D eigenvalue weighted by Gasteiger charge is -2.15. The minimum Gasteiger partial charge on any atom is -0.325 e. The van der Waals surface area contributed by atoms with Gasteiger partial charge in [0.1, 0.15) is 6.33 Å². The van der Waals surface area contributed by atoms with Crippen molar-refractivity contribution in [3.05, 3.63) is 95.0 Å². The average Bonchev–Trinajstić information content (AvgIpc) is 2.92. The Morgan fingerprint density at radius 1 is 1.03 bits per heavy atom. The van der Waals surface area contributed by atoms with Gasteiger partial charge >= 0.3 is 6.18 Å². The van der Waals surface area contributed by atoms with Crippen LogP contribution in [-0.4, -0.2) is 28.4 Å². The Morgan fingerprint density at radius 3 is 2.51 bits per heavy atom. The lowest BCUT2D eigenvalue weighted by atomic mass is 10.0. The molecule has 0 saturated heterocycles. The summed E-state index contributed by atoms with van der Waals surface area (Å²) >= 11 is 0. The fourth-order valence-corrected chi connectivity index (χ4v) is 5.09. The Bertz CT molecular complexity index is 1700. The maximum atomic E-state index is 13.4. The number of alkyl halides is 3. The average molecular weight is 553 g/mol. The van der Waals surface area contributed by atoms with E-state index in [4.69, 9.17) is 5.73 Å². The number of anilines is 1. The summed E-state index contributed by atoms with van der Waals surface area (Å²) in [5, 5.41) is 0. The summed E-state index contributed by atoms with van der Waals surface area (Å²) in [5.74, 6) is 6.02. The number of pyridine rings is 2. The topological polar surface area (TPSA) is 124 Å². The van der Waals surface area contributed by atoms with Crippen LogP contribution < -0.4 is 10.5 Å². The SMILES string of the molecule is CCc1ncnc(-c2ccnc(CN)c2)c1C#Cc1cnc(C)c(NS(=O)(=O)c2ccccc2C(F)(F)F)c1. The van der Waals surface area contributed by atoms with Gasteiger partial charge in [0.25, 0.3) is 10.0 Å². The molecule has 3 aromatic heterocycles. The highest BCUT2D eigenvalue weighted by Gasteiger charge is 2.37. The Labute approximate surface area is 223 Å². The Morgan fingerprint density at radius 2 is 1.79 bits per heavy atom. The van der Waals surface area contributed by atoms with Gasteiger partial charge in [0.05, 0.1) is 44.5 Å². The smallest absolute Gasteiger partial charge is 0.325 e. The zero-order valence-corrected chi connectivity index (χ0v) is 21.7. The molecule has 0 unspecified atom stereocenters. The molecule has 200 valence electrons. The zero-order valence-electron chi connectivity index (χ0n) is 20.9. The van der Waals surface area contributed by atoms with E-state index >= 15 is 0 Å². The van der Waals surface area contributed by atoms with Gasteiger partial charge < -0.3 is 5.73 Å². The van der Waals surface area contributed by atoms with Gasteiger partial charge in [-0.05, 0) is 43.7 Å². The molecule has 39 heavy (non-hydrogen) atoms. The standard InChI is InChI=1S/C27H23F3N6O2S/c1-3-23-21(26(35-16-34-23)19-10-11-32-20(13-19)14-31)9-8-18-12-24(17(2)33-15-18)36-39(37,38)25-7-5-4-6-22(25)27(28,29)30/h4-7,10-13,15-16,36H,3,14,31H2,1-2H3. The van der Waals surface area contributed by atoms with Crippen molar-refractivity contribution < 1.29 is 21.6 Å². The van der Waals surface area contributed by atoms with E-state index in [1.807, 2.05) is 13.0 Å². The summed E-state index contributed by atoms with van der Waals surface area (Å²) in [4.78, 5) is 16.2. The molecule has 0 atom stereocenters. The summed E-state index contributed by atoms with van der Waals surface area (Å²) < 4.78 is 68.4. The van der Waals surface area contributed by atoms with Gasteiger partial charge in [0.15, 0.2) is 0 Å². The largest absolute Gasteiger partial charge is 0.417 e. The molecule has 0 bridgehead atoms. The van der Waals surface area contributed by atoms with Crippen molar-refractivity contribution in [2.75, 3.05) is 4.72 Å². The number of nitrogens with two attached hydrogens (primary N) is 1. The maximum absolute atomic E-state index is 13.4. The second kappa shape index (κ2) is 11.2. The van der Waals surface area contributed by atoms with Crippen LogP contribution in [0.4, 0.5) is 18.9 Å². The molecule has 0 aliphatic rings. The van der Waals surface area contributed by atoms with E-state index in [1.54, 1.807) is 12.3 Å². The molecule has 12 heteroatoms. The van der Waals surface area contributed by atoms with Crippen molar-refractivity contribution in [2.24, 2.45) is 5.73 Å². The molecule has 0 radical (unpaired) electrons. The molecule has 0 aliphatic heterocycles. The van der Waals surface area contributed by atoms with E-state index in [9.17, 15) is 21.6 Å². The summed E-state index contributed by atoms with van der Waals surface area (Å²) in [6.45, 7) is 3.71. The van der Waals surface area contributed by atoms with Gasteiger partial charge in [0, 0.05) is 30.1 Å². The van der Waals surface area contributed by atoms with Gasteiger partial charge in [-0.2, -0.15) is 13.2 Å². The van der Waals surface area contributed by atoms with Gasteiger partial charge in [-0.3, -0.25) is 14.7 Å². The summed E-state index contributed by atoms with van der Waals surface area (Å²) in [5.41, 5.74) is 8.33. The van der Waals surface area contributed by atoms with Crippen LogP contribution in [0.3, 0.4) is 0 Å². The molecule has 0 amide bonds. The van der Waals surface area contributed by atoms with E-state index < -0.39 is 26.7 Å². The summed E-state index contributed by atoms with van der Waals surface area (Å²) in [7, 11) is -4.59. The molecular weight excluding hydrogens is 529 g/mol. The highest BCUT2D eigenvalue weighted by Crippen LogP contribution is 2.35. The van der Waals surface area contributed by atoms with Crippen LogP contribution in [0.1, 0.15) is 40.7 Å². The predicted octanol–water partition coefficient (Wildman–Crippen LogP) is 4.48. The van der Waals surface area contributed by atoms with E-state index in [0.29, 0.717) is 40.7 Å². The second-order valence-corrected chi connectivity index (χ2v) is 9.99. The summed E-state index contributed by atoms with van der Waals surface area (Å²) in [6, 6.07) is 8.97. The number of aryl methyl sites for hydroxylation is 2. The van der Waals surface area contributed by atoms with Crippen LogP contribution in [0.5, 0.6) is 0 Å². The number of sulfonamides is 1. The third kappa shape index (κ3) is 6.22. The fraction of sp³-hybridized carbons (Fsp3) is 0.185. The quantitative estimate of drug-likeness (QED) is 0.338. The fourth-order valence-electron chi connectivity index (χ4n) is 3.75. The summed E-state index contributed by atoms with van der Waals surface area (Å²) in [6.07, 6.45) is 0.239. The van der Waals surface area contributed by atoms with Crippen molar-refractivity contribution in [1.29, 1.82) is 0 Å². The molecule has 0 saturated carbocycles. The molecule has 0 spiro atoms. The number of benzene rings is 1. The van der Waals surface area contributed by atoms with Gasteiger partial charge in [-0.25, -0.2) is 18.4 Å². The number of rotatable bonds is 6. The van der Waals surface area contributed by atoms with E-state index in [0.717, 1.165) is 17.7 Å². The van der Waals surface area contributed by atoms with E-state index in [-0.39, 0.29) is 17.9 Å². The van der Waals surface area contributed by atoms with Crippen molar-refractivity contribution >= 4 is 15.7 Å². The molecule has 1 aromatic carbocycles. The molecule has 3 N–H and O–H groups in total. The number of halogens is 3. The molecule has 4 aromatic rings. The lowest BCUT2D eigenvalue weighted by molar-refractivity contribution is -0.139. The van der Waals surface area contributed by atoms with E-state index in [1.165, 1.54) is 31.6 Å². The first-order valence-corrected chi connectivity index (χ1v) is 13.2. The van der Waals surface area contributed by atoms with Crippen LogP contribution in [0.2, 0.25) is 0 Å². The second-order valence-electron chi connectivity index (χ2n) is 8.34. The first-order chi connectivity index (χ1) is 18.5. The molecular formula is C27H23F3N6O2S. The van der Waals surface area contributed by atoms with Gasteiger partial charge in [-0.1, -0.05) is 30.9 Å². The number of nitrogens with zero attached hydrogens (tertiary/aromatic N) is 4. The molecule has 0 aliphatic carbocycles.